The Hall–Kier alpha value is -1.76. The van der Waals surface area contributed by atoms with E-state index in [9.17, 15) is 9.59 Å². The molecule has 2 heterocycles. The van der Waals surface area contributed by atoms with Gasteiger partial charge in [0.15, 0.2) is 0 Å². The van der Waals surface area contributed by atoms with E-state index in [0.717, 1.165) is 32.1 Å². The predicted molar refractivity (Wildman–Crippen MR) is 90.7 cm³/mol. The molecule has 0 spiro atoms. The summed E-state index contributed by atoms with van der Waals surface area (Å²) in [4.78, 5) is 27.1. The molecule has 1 aliphatic heterocycles. The normalized spacial score (nSPS) is 21.4. The minimum Gasteiger partial charge on any atom is -0.341 e. The molecule has 1 saturated heterocycles. The van der Waals surface area contributed by atoms with E-state index in [-0.39, 0.29) is 24.1 Å². The molecule has 0 saturated carbocycles. The Kier molecular flexibility index (Phi) is 5.05. The van der Waals surface area contributed by atoms with Crippen LogP contribution in [0.2, 0.25) is 0 Å². The summed E-state index contributed by atoms with van der Waals surface area (Å²) in [7, 11) is 1.61. The van der Waals surface area contributed by atoms with E-state index in [0.29, 0.717) is 13.1 Å². The molecule has 7 heteroatoms. The zero-order chi connectivity index (χ0) is 16.2. The topological polar surface area (TPSA) is 73.5 Å². The lowest BCUT2D eigenvalue weighted by atomic mass is 9.94. The van der Waals surface area contributed by atoms with Crippen LogP contribution in [-0.4, -0.2) is 43.1 Å². The Balaban J connectivity index is 1.50. The molecule has 0 aromatic carbocycles. The van der Waals surface area contributed by atoms with Crippen LogP contribution in [-0.2, 0) is 6.42 Å². The van der Waals surface area contributed by atoms with Crippen LogP contribution in [0.4, 0.5) is 9.59 Å². The van der Waals surface area contributed by atoms with Crippen molar-refractivity contribution in [1.82, 2.24) is 20.9 Å². The summed E-state index contributed by atoms with van der Waals surface area (Å²) < 4.78 is 0. The lowest BCUT2D eigenvalue weighted by Crippen LogP contribution is -2.51. The quantitative estimate of drug-likeness (QED) is 0.775. The Morgan fingerprint density at radius 2 is 2.00 bits per heavy atom. The van der Waals surface area contributed by atoms with Gasteiger partial charge in [-0.05, 0) is 49.1 Å². The van der Waals surface area contributed by atoms with Crippen molar-refractivity contribution in [3.8, 4) is 0 Å². The fourth-order valence-corrected chi connectivity index (χ4v) is 4.35. The lowest BCUT2D eigenvalue weighted by molar-refractivity contribution is 0.172. The van der Waals surface area contributed by atoms with Crippen molar-refractivity contribution in [3.63, 3.8) is 0 Å². The minimum atomic E-state index is -0.153. The van der Waals surface area contributed by atoms with Crippen LogP contribution in [0, 0.1) is 0 Å². The first-order valence-corrected chi connectivity index (χ1v) is 9.15. The van der Waals surface area contributed by atoms with Gasteiger partial charge >= 0.3 is 12.1 Å². The summed E-state index contributed by atoms with van der Waals surface area (Å²) in [6.45, 7) is 1.37. The first-order chi connectivity index (χ1) is 11.2. The summed E-state index contributed by atoms with van der Waals surface area (Å²) >= 11 is 1.79. The number of hydrogen-bond acceptors (Lipinski definition) is 3. The molecule has 1 fully saturated rings. The molecular formula is C16H24N4O2S. The van der Waals surface area contributed by atoms with Gasteiger partial charge < -0.3 is 20.9 Å². The monoisotopic (exact) mass is 336 g/mol. The van der Waals surface area contributed by atoms with Crippen LogP contribution in [0.5, 0.6) is 0 Å². The van der Waals surface area contributed by atoms with Gasteiger partial charge in [-0.15, -0.1) is 11.3 Å². The fraction of sp³-hybridized carbons (Fsp3) is 0.625. The summed E-state index contributed by atoms with van der Waals surface area (Å²) in [6, 6.07) is 2.31. The molecule has 1 aliphatic carbocycles. The maximum absolute atomic E-state index is 12.5. The average Bonchev–Trinajstić information content (AvgIpc) is 3.05. The first-order valence-electron chi connectivity index (χ1n) is 8.27. The molecule has 1 aromatic heterocycles. The Morgan fingerprint density at radius 3 is 2.74 bits per heavy atom. The summed E-state index contributed by atoms with van der Waals surface area (Å²) in [5, 5.41) is 10.8. The van der Waals surface area contributed by atoms with E-state index in [4.69, 9.17) is 0 Å². The number of fused-ring (bicyclic) bond motifs is 1. The number of hydrogen-bond donors (Lipinski definition) is 3. The Bertz CT molecular complexity index is 566. The molecule has 23 heavy (non-hydrogen) atoms. The largest absolute Gasteiger partial charge is 0.341 e. The molecule has 1 atom stereocenters. The summed E-state index contributed by atoms with van der Waals surface area (Å²) in [5.41, 5.74) is 1.30. The van der Waals surface area contributed by atoms with Gasteiger partial charge in [0.25, 0.3) is 0 Å². The van der Waals surface area contributed by atoms with Gasteiger partial charge in [-0.2, -0.15) is 0 Å². The third-order valence-electron chi connectivity index (χ3n) is 4.69. The number of thiophene rings is 1. The van der Waals surface area contributed by atoms with Crippen molar-refractivity contribution >= 4 is 23.4 Å². The Morgan fingerprint density at radius 1 is 1.22 bits per heavy atom. The highest BCUT2D eigenvalue weighted by atomic mass is 32.1. The number of carbonyl (C=O) groups is 2. The third kappa shape index (κ3) is 3.77. The van der Waals surface area contributed by atoms with Gasteiger partial charge in [0.05, 0.1) is 6.04 Å². The van der Waals surface area contributed by atoms with Crippen LogP contribution in [0.1, 0.15) is 42.2 Å². The molecule has 3 rings (SSSR count). The van der Waals surface area contributed by atoms with Crippen LogP contribution in [0.15, 0.2) is 11.4 Å². The summed E-state index contributed by atoms with van der Waals surface area (Å²) in [5.74, 6) is 0. The smallest absolute Gasteiger partial charge is 0.317 e. The highest BCUT2D eigenvalue weighted by Crippen LogP contribution is 2.33. The van der Waals surface area contributed by atoms with Crippen molar-refractivity contribution in [3.05, 3.63) is 21.9 Å². The van der Waals surface area contributed by atoms with Gasteiger partial charge in [0.1, 0.15) is 0 Å². The number of piperidine rings is 1. The molecule has 0 bridgehead atoms. The number of carbonyl (C=O) groups excluding carboxylic acids is 2. The third-order valence-corrected chi connectivity index (χ3v) is 5.69. The second-order valence-electron chi connectivity index (χ2n) is 6.18. The maximum Gasteiger partial charge on any atom is 0.317 e. The molecule has 4 amide bonds. The molecule has 2 aliphatic rings. The number of nitrogens with one attached hydrogen (secondary N) is 3. The number of aryl methyl sites for hydroxylation is 1. The fourth-order valence-electron chi connectivity index (χ4n) is 3.36. The van der Waals surface area contributed by atoms with E-state index < -0.39 is 0 Å². The average molecular weight is 336 g/mol. The second kappa shape index (κ2) is 7.21. The molecule has 126 valence electrons. The van der Waals surface area contributed by atoms with Crippen molar-refractivity contribution in [2.75, 3.05) is 20.1 Å². The molecule has 3 N–H and O–H groups in total. The zero-order valence-electron chi connectivity index (χ0n) is 13.4. The highest BCUT2D eigenvalue weighted by Gasteiger charge is 2.27. The van der Waals surface area contributed by atoms with Gasteiger partial charge in [-0.3, -0.25) is 0 Å². The maximum atomic E-state index is 12.5. The Labute approximate surface area is 140 Å². The summed E-state index contributed by atoms with van der Waals surface area (Å²) in [6.07, 6.45) is 4.89. The number of rotatable bonds is 2. The van der Waals surface area contributed by atoms with Crippen LogP contribution >= 0.6 is 11.3 Å². The van der Waals surface area contributed by atoms with Crippen LogP contribution in [0.3, 0.4) is 0 Å². The minimum absolute atomic E-state index is 0.0208. The van der Waals surface area contributed by atoms with E-state index >= 15 is 0 Å². The van der Waals surface area contributed by atoms with E-state index in [1.54, 1.807) is 18.4 Å². The van der Waals surface area contributed by atoms with Crippen LogP contribution < -0.4 is 16.0 Å². The molecule has 6 nitrogen and oxygen atoms in total. The van der Waals surface area contributed by atoms with Crippen molar-refractivity contribution in [1.29, 1.82) is 0 Å². The molecule has 1 unspecified atom stereocenters. The highest BCUT2D eigenvalue weighted by molar-refractivity contribution is 7.10. The van der Waals surface area contributed by atoms with E-state index in [1.807, 2.05) is 4.90 Å². The second-order valence-corrected chi connectivity index (χ2v) is 7.18. The van der Waals surface area contributed by atoms with Gasteiger partial charge in [-0.1, -0.05) is 0 Å². The number of nitrogens with zero attached hydrogens (tertiary/aromatic N) is 1. The van der Waals surface area contributed by atoms with Crippen molar-refractivity contribution in [2.45, 2.75) is 44.2 Å². The van der Waals surface area contributed by atoms with Gasteiger partial charge in [0, 0.05) is 31.1 Å². The number of likely N-dealkylation sites (tertiary alicyclic amines) is 1. The SMILES string of the molecule is CNC(=O)NC1CCN(C(=O)NC2CCCc3sccc32)CC1. The first kappa shape index (κ1) is 16.1. The van der Waals surface area contributed by atoms with Gasteiger partial charge in [0.2, 0.25) is 0 Å². The van der Waals surface area contributed by atoms with E-state index in [2.05, 4.69) is 27.4 Å². The predicted octanol–water partition coefficient (Wildman–Crippen LogP) is 2.23. The molecular weight excluding hydrogens is 312 g/mol. The zero-order valence-corrected chi connectivity index (χ0v) is 14.2. The number of amides is 4. The molecule has 1 aromatic rings. The lowest BCUT2D eigenvalue weighted by Gasteiger charge is -2.34. The number of urea groups is 2. The standard InChI is InChI=1S/C16H24N4O2S/c1-17-15(21)18-11-5-8-20(9-6-11)16(22)19-13-3-2-4-14-12(13)7-10-23-14/h7,10-11,13H,2-6,8-9H2,1H3,(H,19,22)(H2,17,18,21). The van der Waals surface area contributed by atoms with Crippen molar-refractivity contribution in [2.24, 2.45) is 0 Å². The molecule has 0 radical (unpaired) electrons. The van der Waals surface area contributed by atoms with Crippen molar-refractivity contribution < 1.29 is 9.59 Å². The van der Waals surface area contributed by atoms with Gasteiger partial charge in [-0.25, -0.2) is 9.59 Å². The van der Waals surface area contributed by atoms with E-state index in [1.165, 1.54) is 10.4 Å². The van der Waals surface area contributed by atoms with Crippen LogP contribution in [0.25, 0.3) is 0 Å².